The Kier molecular flexibility index (Phi) is 3.72. The zero-order chi connectivity index (χ0) is 17.5. The van der Waals surface area contributed by atoms with Crippen molar-refractivity contribution < 1.29 is 13.2 Å². The van der Waals surface area contributed by atoms with Crippen molar-refractivity contribution in [1.29, 1.82) is 0 Å². The summed E-state index contributed by atoms with van der Waals surface area (Å²) in [6.45, 7) is 1.71. The van der Waals surface area contributed by atoms with Crippen LogP contribution in [0.15, 0.2) is 46.2 Å². The molecule has 24 heavy (non-hydrogen) atoms. The van der Waals surface area contributed by atoms with Gasteiger partial charge in [-0.1, -0.05) is 0 Å². The number of aromatic nitrogens is 3. The van der Waals surface area contributed by atoms with E-state index in [1.165, 1.54) is 34.8 Å². The van der Waals surface area contributed by atoms with Crippen LogP contribution in [0.25, 0.3) is 5.52 Å². The number of nitrogens with one attached hydrogen (secondary N) is 2. The first-order valence-corrected chi connectivity index (χ1v) is 8.84. The number of H-pyrrole nitrogens is 1. The van der Waals surface area contributed by atoms with E-state index < -0.39 is 15.7 Å². The van der Waals surface area contributed by atoms with Gasteiger partial charge in [0.05, 0.1) is 4.90 Å². The largest absolute Gasteiger partial charge is 0.323 e. The van der Waals surface area contributed by atoms with Crippen molar-refractivity contribution in [3.8, 4) is 0 Å². The monoisotopic (exact) mass is 346 g/mol. The second-order valence-electron chi connectivity index (χ2n) is 5.38. The summed E-state index contributed by atoms with van der Waals surface area (Å²) in [5, 5.41) is 6.69. The molecule has 0 bridgehead atoms. The molecule has 8 nitrogen and oxygen atoms in total. The minimum absolute atomic E-state index is 0.0817. The van der Waals surface area contributed by atoms with Gasteiger partial charge in [0, 0.05) is 29.9 Å². The van der Waals surface area contributed by atoms with E-state index in [1.54, 1.807) is 13.1 Å². The van der Waals surface area contributed by atoms with Crippen molar-refractivity contribution in [2.45, 2.75) is 11.8 Å². The molecule has 0 aliphatic rings. The minimum atomic E-state index is -3.29. The van der Waals surface area contributed by atoms with Gasteiger partial charge in [-0.3, -0.25) is 9.59 Å². The molecule has 0 aliphatic carbocycles. The van der Waals surface area contributed by atoms with Gasteiger partial charge in [0.25, 0.3) is 11.5 Å². The van der Waals surface area contributed by atoms with Gasteiger partial charge in [0.15, 0.2) is 15.5 Å². The van der Waals surface area contributed by atoms with Crippen LogP contribution in [0.3, 0.4) is 0 Å². The van der Waals surface area contributed by atoms with E-state index >= 15 is 0 Å². The van der Waals surface area contributed by atoms with Crippen LogP contribution < -0.4 is 10.9 Å². The number of aromatic amines is 1. The van der Waals surface area contributed by atoms with Gasteiger partial charge in [-0.05, 0) is 31.2 Å². The Morgan fingerprint density at radius 3 is 2.54 bits per heavy atom. The van der Waals surface area contributed by atoms with Crippen molar-refractivity contribution in [2.24, 2.45) is 0 Å². The lowest BCUT2D eigenvalue weighted by Crippen LogP contribution is -2.13. The van der Waals surface area contributed by atoms with E-state index in [4.69, 9.17) is 0 Å². The number of hydrogen-bond donors (Lipinski definition) is 2. The van der Waals surface area contributed by atoms with E-state index in [1.807, 2.05) is 0 Å². The Balaban J connectivity index is 1.87. The molecule has 1 aromatic carbocycles. The SMILES string of the molecule is Cc1cn2nc(C(=O)Nc3ccc(S(C)(=O)=O)cc3)cc2c(=O)[nH]1. The normalized spacial score (nSPS) is 11.6. The van der Waals surface area contributed by atoms with Crippen molar-refractivity contribution in [2.75, 3.05) is 11.6 Å². The summed E-state index contributed by atoms with van der Waals surface area (Å²) in [6.07, 6.45) is 2.71. The smallest absolute Gasteiger partial charge is 0.276 e. The molecule has 0 spiro atoms. The number of rotatable bonds is 3. The highest BCUT2D eigenvalue weighted by Gasteiger charge is 2.14. The van der Waals surface area contributed by atoms with Crippen LogP contribution in [-0.2, 0) is 9.84 Å². The number of nitrogens with zero attached hydrogens (tertiary/aromatic N) is 2. The second-order valence-corrected chi connectivity index (χ2v) is 7.39. The van der Waals surface area contributed by atoms with Gasteiger partial charge < -0.3 is 10.3 Å². The van der Waals surface area contributed by atoms with Crippen LogP contribution in [0.5, 0.6) is 0 Å². The number of aryl methyl sites for hydroxylation is 1. The van der Waals surface area contributed by atoms with Crippen LogP contribution in [0.1, 0.15) is 16.2 Å². The Morgan fingerprint density at radius 1 is 1.25 bits per heavy atom. The van der Waals surface area contributed by atoms with Gasteiger partial charge in [-0.15, -0.1) is 0 Å². The molecule has 0 radical (unpaired) electrons. The Hall–Kier alpha value is -2.94. The van der Waals surface area contributed by atoms with Crippen LogP contribution in [0, 0.1) is 6.92 Å². The lowest BCUT2D eigenvalue weighted by atomic mass is 10.3. The van der Waals surface area contributed by atoms with Crippen molar-refractivity contribution in [1.82, 2.24) is 14.6 Å². The first-order chi connectivity index (χ1) is 11.2. The highest BCUT2D eigenvalue weighted by molar-refractivity contribution is 7.90. The zero-order valence-electron chi connectivity index (χ0n) is 12.9. The molecule has 1 amide bonds. The Morgan fingerprint density at radius 2 is 1.92 bits per heavy atom. The Bertz CT molecular complexity index is 1090. The molecule has 3 aromatic rings. The average molecular weight is 346 g/mol. The van der Waals surface area contributed by atoms with Crippen molar-refractivity contribution in [3.05, 3.63) is 58.3 Å². The fourth-order valence-corrected chi connectivity index (χ4v) is 2.84. The van der Waals surface area contributed by atoms with Crippen LogP contribution in [-0.4, -0.2) is 35.2 Å². The van der Waals surface area contributed by atoms with Gasteiger partial charge in [-0.25, -0.2) is 12.9 Å². The third-order valence-corrected chi connectivity index (χ3v) is 4.50. The molecule has 0 aliphatic heterocycles. The van der Waals surface area contributed by atoms with Crippen LogP contribution >= 0.6 is 0 Å². The molecule has 2 N–H and O–H groups in total. The second kappa shape index (κ2) is 5.60. The average Bonchev–Trinajstić information content (AvgIpc) is 2.91. The number of sulfone groups is 1. The molecule has 0 atom stereocenters. The minimum Gasteiger partial charge on any atom is -0.323 e. The molecule has 0 saturated carbocycles. The number of carbonyl (C=O) groups is 1. The molecule has 0 unspecified atom stereocenters. The highest BCUT2D eigenvalue weighted by atomic mass is 32.2. The van der Waals surface area contributed by atoms with E-state index in [9.17, 15) is 18.0 Å². The fraction of sp³-hybridized carbons (Fsp3) is 0.133. The Labute approximate surface area is 137 Å². The molecule has 3 rings (SSSR count). The first kappa shape index (κ1) is 15.9. The maximum absolute atomic E-state index is 12.2. The molecule has 0 saturated heterocycles. The summed E-state index contributed by atoms with van der Waals surface area (Å²) in [5.74, 6) is -0.497. The number of benzene rings is 1. The van der Waals surface area contributed by atoms with Crippen LogP contribution in [0.4, 0.5) is 5.69 Å². The summed E-state index contributed by atoms with van der Waals surface area (Å²) in [4.78, 5) is 26.9. The van der Waals surface area contributed by atoms with Crippen LogP contribution in [0.2, 0.25) is 0 Å². The van der Waals surface area contributed by atoms with Crippen molar-refractivity contribution in [3.63, 3.8) is 0 Å². The number of fused-ring (bicyclic) bond motifs is 1. The number of hydrogen-bond acceptors (Lipinski definition) is 5. The third kappa shape index (κ3) is 3.06. The van der Waals surface area contributed by atoms with E-state index in [-0.39, 0.29) is 21.7 Å². The number of amides is 1. The highest BCUT2D eigenvalue weighted by Crippen LogP contribution is 2.15. The summed E-state index contributed by atoms with van der Waals surface area (Å²) < 4.78 is 24.2. The van der Waals surface area contributed by atoms with E-state index in [0.717, 1.165) is 6.26 Å². The molecule has 2 aromatic heterocycles. The standard InChI is InChI=1S/C15H14N4O4S/c1-9-8-19-13(15(21)16-9)7-12(18-19)14(20)17-10-3-5-11(6-4-10)24(2,22)23/h3-8H,1-2H3,(H,16,21)(H,17,20). The maximum atomic E-state index is 12.2. The number of carbonyl (C=O) groups excluding carboxylic acids is 1. The lowest BCUT2D eigenvalue weighted by molar-refractivity contribution is 0.102. The van der Waals surface area contributed by atoms with Crippen molar-refractivity contribution >= 4 is 26.9 Å². The topological polar surface area (TPSA) is 113 Å². The summed E-state index contributed by atoms with van der Waals surface area (Å²) >= 11 is 0. The fourth-order valence-electron chi connectivity index (χ4n) is 2.21. The molecule has 0 fully saturated rings. The predicted molar refractivity (Wildman–Crippen MR) is 88.1 cm³/mol. The molecule has 9 heteroatoms. The third-order valence-electron chi connectivity index (χ3n) is 3.37. The van der Waals surface area contributed by atoms with E-state index in [2.05, 4.69) is 15.4 Å². The van der Waals surface area contributed by atoms with Gasteiger partial charge >= 0.3 is 0 Å². The number of anilines is 1. The molecular formula is C15H14N4O4S. The zero-order valence-corrected chi connectivity index (χ0v) is 13.7. The molecule has 124 valence electrons. The molecular weight excluding hydrogens is 332 g/mol. The summed E-state index contributed by atoms with van der Waals surface area (Å²) in [7, 11) is -3.29. The van der Waals surface area contributed by atoms with Gasteiger partial charge in [0.1, 0.15) is 5.52 Å². The lowest BCUT2D eigenvalue weighted by Gasteiger charge is -2.04. The van der Waals surface area contributed by atoms with E-state index in [0.29, 0.717) is 11.4 Å². The predicted octanol–water partition coefficient (Wildman–Crippen LogP) is 0.987. The first-order valence-electron chi connectivity index (χ1n) is 6.95. The van der Waals surface area contributed by atoms with Gasteiger partial charge in [0.2, 0.25) is 0 Å². The summed E-state index contributed by atoms with van der Waals surface area (Å²) in [6, 6.07) is 7.17. The van der Waals surface area contributed by atoms with Gasteiger partial charge in [-0.2, -0.15) is 5.10 Å². The molecule has 2 heterocycles. The maximum Gasteiger partial charge on any atom is 0.276 e. The summed E-state index contributed by atoms with van der Waals surface area (Å²) in [5.41, 5.74) is 1.06. The quantitative estimate of drug-likeness (QED) is 0.734.